The van der Waals surface area contributed by atoms with Gasteiger partial charge in [0.25, 0.3) is 0 Å². The van der Waals surface area contributed by atoms with Gasteiger partial charge in [0, 0.05) is 6.42 Å². The molecule has 0 heterocycles. The smallest absolute Gasteiger partial charge is 0.303 e. The third-order valence-corrected chi connectivity index (χ3v) is 2.72. The number of aliphatic carboxylic acids is 1. The molecule has 0 fully saturated rings. The van der Waals surface area contributed by atoms with Gasteiger partial charge < -0.3 is 20.9 Å². The van der Waals surface area contributed by atoms with Gasteiger partial charge in [0.05, 0.1) is 18.3 Å². The number of hydrogen-bond donors (Lipinski definition) is 3. The van der Waals surface area contributed by atoms with Crippen LogP contribution in [0.1, 0.15) is 26.7 Å². The van der Waals surface area contributed by atoms with Crippen LogP contribution in [-0.4, -0.2) is 29.6 Å². The van der Waals surface area contributed by atoms with Crippen molar-refractivity contribution in [3.8, 4) is 5.75 Å². The Balaban J connectivity index is 2.64. The SMILES string of the molecule is CC(C)COc1ccccc1NC(=O)C(N)CCC(=O)O. The van der Waals surface area contributed by atoms with Gasteiger partial charge in [-0.25, -0.2) is 0 Å². The van der Waals surface area contributed by atoms with Gasteiger partial charge in [-0.1, -0.05) is 26.0 Å². The molecule has 1 atom stereocenters. The zero-order chi connectivity index (χ0) is 15.8. The Bertz CT molecular complexity index is 488. The highest BCUT2D eigenvalue weighted by Gasteiger charge is 2.16. The zero-order valence-electron chi connectivity index (χ0n) is 12.3. The first kappa shape index (κ1) is 17.0. The highest BCUT2D eigenvalue weighted by molar-refractivity contribution is 5.96. The Kier molecular flexibility index (Phi) is 6.68. The molecular weight excluding hydrogens is 272 g/mol. The molecule has 0 aromatic heterocycles. The van der Waals surface area contributed by atoms with Crippen LogP contribution in [0, 0.1) is 5.92 Å². The first-order valence-corrected chi connectivity index (χ1v) is 6.90. The largest absolute Gasteiger partial charge is 0.491 e. The van der Waals surface area contributed by atoms with E-state index in [4.69, 9.17) is 15.6 Å². The minimum absolute atomic E-state index is 0.0934. The molecule has 1 aromatic rings. The Morgan fingerprint density at radius 1 is 1.33 bits per heavy atom. The van der Waals surface area contributed by atoms with E-state index in [-0.39, 0.29) is 12.8 Å². The number of rotatable bonds is 8. The molecule has 116 valence electrons. The number of nitrogens with two attached hydrogens (primary N) is 1. The lowest BCUT2D eigenvalue weighted by molar-refractivity contribution is -0.137. The second kappa shape index (κ2) is 8.26. The number of benzene rings is 1. The number of carboxylic acids is 1. The van der Waals surface area contributed by atoms with Gasteiger partial charge in [-0.2, -0.15) is 0 Å². The third kappa shape index (κ3) is 6.27. The molecule has 0 aliphatic rings. The number of ether oxygens (including phenoxy) is 1. The van der Waals surface area contributed by atoms with Crippen molar-refractivity contribution in [3.05, 3.63) is 24.3 Å². The third-order valence-electron chi connectivity index (χ3n) is 2.72. The summed E-state index contributed by atoms with van der Waals surface area (Å²) in [6.45, 7) is 4.60. The Labute approximate surface area is 124 Å². The van der Waals surface area contributed by atoms with E-state index >= 15 is 0 Å². The average Bonchev–Trinajstić information content (AvgIpc) is 2.43. The predicted molar refractivity (Wildman–Crippen MR) is 80.2 cm³/mol. The molecule has 1 amide bonds. The van der Waals surface area contributed by atoms with Crippen molar-refractivity contribution in [2.24, 2.45) is 11.7 Å². The number of nitrogens with one attached hydrogen (secondary N) is 1. The number of carboxylic acid groups (broad SMARTS) is 1. The maximum absolute atomic E-state index is 11.9. The van der Waals surface area contributed by atoms with Crippen molar-refractivity contribution >= 4 is 17.6 Å². The van der Waals surface area contributed by atoms with Crippen molar-refractivity contribution in [3.63, 3.8) is 0 Å². The van der Waals surface area contributed by atoms with Crippen molar-refractivity contribution in [1.82, 2.24) is 0 Å². The molecule has 1 rings (SSSR count). The lowest BCUT2D eigenvalue weighted by Gasteiger charge is -2.15. The monoisotopic (exact) mass is 294 g/mol. The highest BCUT2D eigenvalue weighted by Crippen LogP contribution is 2.24. The van der Waals surface area contributed by atoms with Crippen LogP contribution in [0.15, 0.2) is 24.3 Å². The van der Waals surface area contributed by atoms with Crippen LogP contribution >= 0.6 is 0 Å². The highest BCUT2D eigenvalue weighted by atomic mass is 16.5. The summed E-state index contributed by atoms with van der Waals surface area (Å²) < 4.78 is 5.63. The minimum Gasteiger partial charge on any atom is -0.491 e. The molecule has 0 aliphatic heterocycles. The van der Waals surface area contributed by atoms with Gasteiger partial charge in [-0.05, 0) is 24.5 Å². The molecular formula is C15H22N2O4. The van der Waals surface area contributed by atoms with E-state index in [0.29, 0.717) is 24.0 Å². The van der Waals surface area contributed by atoms with E-state index < -0.39 is 17.9 Å². The van der Waals surface area contributed by atoms with E-state index in [0.717, 1.165) is 0 Å². The predicted octanol–water partition coefficient (Wildman–Crippen LogP) is 1.85. The molecule has 4 N–H and O–H groups in total. The van der Waals surface area contributed by atoms with Crippen LogP contribution in [0.25, 0.3) is 0 Å². The lowest BCUT2D eigenvalue weighted by atomic mass is 10.1. The summed E-state index contributed by atoms with van der Waals surface area (Å²) >= 11 is 0. The molecule has 0 saturated heterocycles. The Morgan fingerprint density at radius 2 is 2.00 bits per heavy atom. The quantitative estimate of drug-likeness (QED) is 0.679. The van der Waals surface area contributed by atoms with E-state index in [1.54, 1.807) is 18.2 Å². The Morgan fingerprint density at radius 3 is 2.62 bits per heavy atom. The van der Waals surface area contributed by atoms with E-state index in [2.05, 4.69) is 5.32 Å². The van der Waals surface area contributed by atoms with Gasteiger partial charge in [-0.15, -0.1) is 0 Å². The first-order chi connectivity index (χ1) is 9.90. The van der Waals surface area contributed by atoms with Gasteiger partial charge in [0.2, 0.25) is 5.91 Å². The van der Waals surface area contributed by atoms with E-state index in [9.17, 15) is 9.59 Å². The summed E-state index contributed by atoms with van der Waals surface area (Å²) in [4.78, 5) is 22.4. The fourth-order valence-corrected chi connectivity index (χ4v) is 1.59. The fourth-order valence-electron chi connectivity index (χ4n) is 1.59. The van der Waals surface area contributed by atoms with Crippen molar-refractivity contribution in [2.75, 3.05) is 11.9 Å². The van der Waals surface area contributed by atoms with Crippen molar-refractivity contribution in [1.29, 1.82) is 0 Å². The molecule has 1 unspecified atom stereocenters. The number of carbonyl (C=O) groups excluding carboxylic acids is 1. The first-order valence-electron chi connectivity index (χ1n) is 6.90. The Hall–Kier alpha value is -2.08. The molecule has 6 nitrogen and oxygen atoms in total. The van der Waals surface area contributed by atoms with Gasteiger partial charge in [0.15, 0.2) is 0 Å². The molecule has 1 aromatic carbocycles. The second-order valence-corrected chi connectivity index (χ2v) is 5.23. The van der Waals surface area contributed by atoms with Gasteiger partial charge in [0.1, 0.15) is 5.75 Å². The number of amides is 1. The number of carbonyl (C=O) groups is 2. The molecule has 0 radical (unpaired) electrons. The van der Waals surface area contributed by atoms with Crippen molar-refractivity contribution in [2.45, 2.75) is 32.7 Å². The summed E-state index contributed by atoms with van der Waals surface area (Å²) in [5.74, 6) is -0.452. The standard InChI is InChI=1S/C15H22N2O4/c1-10(2)9-21-13-6-4-3-5-12(13)17-15(20)11(16)7-8-14(18)19/h3-6,10-11H,7-9,16H2,1-2H3,(H,17,20)(H,18,19). The van der Waals surface area contributed by atoms with Gasteiger partial charge in [-0.3, -0.25) is 9.59 Å². The lowest BCUT2D eigenvalue weighted by Crippen LogP contribution is -2.36. The average molecular weight is 294 g/mol. The molecule has 6 heteroatoms. The van der Waals surface area contributed by atoms with Crippen molar-refractivity contribution < 1.29 is 19.4 Å². The van der Waals surface area contributed by atoms with Crippen LogP contribution < -0.4 is 15.8 Å². The summed E-state index contributed by atoms with van der Waals surface area (Å²) in [7, 11) is 0. The summed E-state index contributed by atoms with van der Waals surface area (Å²) in [6, 6.07) is 6.22. The molecule has 0 saturated carbocycles. The molecule has 21 heavy (non-hydrogen) atoms. The molecule has 0 aliphatic carbocycles. The summed E-state index contributed by atoms with van der Waals surface area (Å²) in [6.07, 6.45) is -0.0454. The topological polar surface area (TPSA) is 102 Å². The fraction of sp³-hybridized carbons (Fsp3) is 0.467. The maximum atomic E-state index is 11.9. The van der Waals surface area contributed by atoms with Crippen LogP contribution in [0.3, 0.4) is 0 Å². The molecule has 0 spiro atoms. The maximum Gasteiger partial charge on any atom is 0.303 e. The number of anilines is 1. The van der Waals surface area contributed by atoms with Gasteiger partial charge >= 0.3 is 5.97 Å². The number of hydrogen-bond acceptors (Lipinski definition) is 4. The summed E-state index contributed by atoms with van der Waals surface area (Å²) in [5.41, 5.74) is 6.21. The van der Waals surface area contributed by atoms with E-state index in [1.165, 1.54) is 0 Å². The zero-order valence-corrected chi connectivity index (χ0v) is 12.3. The second-order valence-electron chi connectivity index (χ2n) is 5.23. The normalized spacial score (nSPS) is 12.0. The summed E-state index contributed by atoms with van der Waals surface area (Å²) in [5, 5.41) is 11.3. The van der Waals surface area contributed by atoms with Crippen LogP contribution in [0.2, 0.25) is 0 Å². The minimum atomic E-state index is -0.973. The van der Waals surface area contributed by atoms with Crippen LogP contribution in [0.4, 0.5) is 5.69 Å². The van der Waals surface area contributed by atoms with Crippen LogP contribution in [0.5, 0.6) is 5.75 Å². The van der Waals surface area contributed by atoms with E-state index in [1.807, 2.05) is 19.9 Å². The van der Waals surface area contributed by atoms with Crippen LogP contribution in [-0.2, 0) is 9.59 Å². The number of para-hydroxylation sites is 2. The molecule has 0 bridgehead atoms.